The van der Waals surface area contributed by atoms with E-state index in [4.69, 9.17) is 9.84 Å². The van der Waals surface area contributed by atoms with E-state index in [2.05, 4.69) is 0 Å². The summed E-state index contributed by atoms with van der Waals surface area (Å²) in [6, 6.07) is -0.941. The molecule has 0 spiro atoms. The van der Waals surface area contributed by atoms with Crippen LogP contribution in [0.3, 0.4) is 0 Å². The standard InChI is InChI=1S/C11H16N2O5/c14-9-2-1-3-12(9)6-10(15)13-4-5-18-7-8(13)11(16)17/h8H,1-7H2,(H,16,17). The van der Waals surface area contributed by atoms with E-state index in [9.17, 15) is 14.4 Å². The maximum atomic E-state index is 12.0. The molecule has 2 amide bonds. The summed E-state index contributed by atoms with van der Waals surface area (Å²) in [5, 5.41) is 9.02. The van der Waals surface area contributed by atoms with Gasteiger partial charge in [-0.3, -0.25) is 9.59 Å². The van der Waals surface area contributed by atoms with E-state index in [1.165, 1.54) is 9.80 Å². The Labute approximate surface area is 104 Å². The van der Waals surface area contributed by atoms with Gasteiger partial charge in [0.05, 0.1) is 19.8 Å². The van der Waals surface area contributed by atoms with Crippen LogP contribution in [-0.2, 0) is 19.1 Å². The highest BCUT2D eigenvalue weighted by Gasteiger charge is 2.34. The summed E-state index contributed by atoms with van der Waals surface area (Å²) in [6.07, 6.45) is 1.23. The van der Waals surface area contributed by atoms with Crippen molar-refractivity contribution in [2.45, 2.75) is 18.9 Å². The van der Waals surface area contributed by atoms with Crippen LogP contribution in [-0.4, -0.2) is 71.6 Å². The van der Waals surface area contributed by atoms with Gasteiger partial charge in [-0.05, 0) is 6.42 Å². The van der Waals surface area contributed by atoms with Crippen molar-refractivity contribution < 1.29 is 24.2 Å². The zero-order valence-electron chi connectivity index (χ0n) is 10.0. The number of hydrogen-bond donors (Lipinski definition) is 1. The average molecular weight is 256 g/mol. The third-order valence-corrected chi connectivity index (χ3v) is 3.23. The predicted octanol–water partition coefficient (Wildman–Crippen LogP) is -1.08. The van der Waals surface area contributed by atoms with E-state index in [-0.39, 0.29) is 31.5 Å². The van der Waals surface area contributed by atoms with Gasteiger partial charge in [-0.1, -0.05) is 0 Å². The Balaban J connectivity index is 1.97. The smallest absolute Gasteiger partial charge is 0.328 e. The van der Waals surface area contributed by atoms with E-state index < -0.39 is 12.0 Å². The molecule has 1 unspecified atom stereocenters. The number of carboxylic acids is 1. The number of aliphatic carboxylic acids is 1. The first-order valence-corrected chi connectivity index (χ1v) is 5.97. The van der Waals surface area contributed by atoms with Gasteiger partial charge in [-0.2, -0.15) is 0 Å². The van der Waals surface area contributed by atoms with Crippen LogP contribution in [0.2, 0.25) is 0 Å². The summed E-state index contributed by atoms with van der Waals surface area (Å²) in [6.45, 7) is 1.16. The lowest BCUT2D eigenvalue weighted by atomic mass is 10.2. The fraction of sp³-hybridized carbons (Fsp3) is 0.727. The number of hydrogen-bond acceptors (Lipinski definition) is 4. The third-order valence-electron chi connectivity index (χ3n) is 3.23. The molecule has 2 rings (SSSR count). The van der Waals surface area contributed by atoms with Gasteiger partial charge in [0, 0.05) is 19.5 Å². The quantitative estimate of drug-likeness (QED) is 0.694. The Morgan fingerprint density at radius 1 is 1.39 bits per heavy atom. The van der Waals surface area contributed by atoms with Gasteiger partial charge < -0.3 is 19.6 Å². The summed E-state index contributed by atoms with van der Waals surface area (Å²) in [5.74, 6) is -1.43. The molecule has 0 aromatic heterocycles. The van der Waals surface area contributed by atoms with Crippen molar-refractivity contribution in [3.8, 4) is 0 Å². The molecule has 2 aliphatic rings. The Hall–Kier alpha value is -1.63. The van der Waals surface area contributed by atoms with E-state index in [0.29, 0.717) is 19.6 Å². The molecule has 0 saturated carbocycles. The first-order chi connectivity index (χ1) is 8.59. The van der Waals surface area contributed by atoms with E-state index in [1.807, 2.05) is 0 Å². The first-order valence-electron chi connectivity index (χ1n) is 5.97. The van der Waals surface area contributed by atoms with Crippen molar-refractivity contribution in [3.63, 3.8) is 0 Å². The van der Waals surface area contributed by atoms with E-state index in [1.54, 1.807) is 0 Å². The van der Waals surface area contributed by atoms with Crippen LogP contribution in [0.1, 0.15) is 12.8 Å². The Morgan fingerprint density at radius 2 is 2.17 bits per heavy atom. The Kier molecular flexibility index (Phi) is 3.81. The second-order valence-electron chi connectivity index (χ2n) is 4.43. The zero-order valence-corrected chi connectivity index (χ0v) is 10.0. The number of amides is 2. The fourth-order valence-corrected chi connectivity index (χ4v) is 2.23. The largest absolute Gasteiger partial charge is 0.480 e. The maximum Gasteiger partial charge on any atom is 0.328 e. The molecule has 1 atom stereocenters. The van der Waals surface area contributed by atoms with Crippen LogP contribution >= 0.6 is 0 Å². The molecule has 7 nitrogen and oxygen atoms in total. The lowest BCUT2D eigenvalue weighted by Gasteiger charge is -2.33. The van der Waals surface area contributed by atoms with Crippen LogP contribution < -0.4 is 0 Å². The van der Waals surface area contributed by atoms with Crippen LogP contribution in [0.15, 0.2) is 0 Å². The van der Waals surface area contributed by atoms with Crippen LogP contribution in [0, 0.1) is 0 Å². The van der Waals surface area contributed by atoms with Crippen molar-refractivity contribution in [2.24, 2.45) is 0 Å². The molecule has 2 saturated heterocycles. The van der Waals surface area contributed by atoms with Crippen molar-refractivity contribution in [3.05, 3.63) is 0 Å². The van der Waals surface area contributed by atoms with Gasteiger partial charge in [0.25, 0.3) is 0 Å². The number of carboxylic acid groups (broad SMARTS) is 1. The highest BCUT2D eigenvalue weighted by molar-refractivity contribution is 5.88. The summed E-state index contributed by atoms with van der Waals surface area (Å²) >= 11 is 0. The summed E-state index contributed by atoms with van der Waals surface area (Å²) in [5.41, 5.74) is 0. The van der Waals surface area contributed by atoms with Crippen molar-refractivity contribution in [2.75, 3.05) is 32.8 Å². The molecule has 2 heterocycles. The average Bonchev–Trinajstić information content (AvgIpc) is 2.75. The molecule has 0 radical (unpaired) electrons. The van der Waals surface area contributed by atoms with Gasteiger partial charge in [0.15, 0.2) is 6.04 Å². The first kappa shape index (κ1) is 12.8. The van der Waals surface area contributed by atoms with Crippen LogP contribution in [0.4, 0.5) is 0 Å². The predicted molar refractivity (Wildman–Crippen MR) is 59.8 cm³/mol. The van der Waals surface area contributed by atoms with Crippen LogP contribution in [0.5, 0.6) is 0 Å². The minimum absolute atomic E-state index is 0.00895. The normalized spacial score (nSPS) is 24.4. The number of morpholine rings is 1. The molecule has 18 heavy (non-hydrogen) atoms. The minimum Gasteiger partial charge on any atom is -0.480 e. The van der Waals surface area contributed by atoms with E-state index >= 15 is 0 Å². The molecule has 7 heteroatoms. The highest BCUT2D eigenvalue weighted by Crippen LogP contribution is 2.12. The monoisotopic (exact) mass is 256 g/mol. The van der Waals surface area contributed by atoms with Crippen molar-refractivity contribution in [1.29, 1.82) is 0 Å². The molecule has 0 aromatic carbocycles. The number of ether oxygens (including phenoxy) is 1. The topological polar surface area (TPSA) is 87.2 Å². The van der Waals surface area contributed by atoms with Gasteiger partial charge >= 0.3 is 5.97 Å². The summed E-state index contributed by atoms with van der Waals surface area (Å²) in [4.78, 5) is 37.2. The number of carbonyl (C=O) groups excluding carboxylic acids is 2. The Bertz CT molecular complexity index is 370. The molecule has 100 valence electrons. The van der Waals surface area contributed by atoms with Crippen molar-refractivity contribution in [1.82, 2.24) is 9.80 Å². The van der Waals surface area contributed by atoms with Gasteiger partial charge in [-0.25, -0.2) is 4.79 Å². The molecule has 0 aliphatic carbocycles. The molecule has 2 aliphatic heterocycles. The molecule has 0 bridgehead atoms. The Morgan fingerprint density at radius 3 is 2.78 bits per heavy atom. The summed E-state index contributed by atoms with van der Waals surface area (Å²) < 4.78 is 5.06. The molecule has 1 N–H and O–H groups in total. The van der Waals surface area contributed by atoms with Crippen molar-refractivity contribution >= 4 is 17.8 Å². The fourth-order valence-electron chi connectivity index (χ4n) is 2.23. The van der Waals surface area contributed by atoms with Gasteiger partial charge in [0.2, 0.25) is 11.8 Å². The molecule has 2 fully saturated rings. The third kappa shape index (κ3) is 2.61. The summed E-state index contributed by atoms with van der Waals surface area (Å²) in [7, 11) is 0. The number of nitrogens with zero attached hydrogens (tertiary/aromatic N) is 2. The zero-order chi connectivity index (χ0) is 13.1. The van der Waals surface area contributed by atoms with Gasteiger partial charge in [-0.15, -0.1) is 0 Å². The van der Waals surface area contributed by atoms with Crippen LogP contribution in [0.25, 0.3) is 0 Å². The maximum absolute atomic E-state index is 12.0. The highest BCUT2D eigenvalue weighted by atomic mass is 16.5. The second-order valence-corrected chi connectivity index (χ2v) is 4.43. The molecular weight excluding hydrogens is 240 g/mol. The van der Waals surface area contributed by atoms with E-state index in [0.717, 1.165) is 6.42 Å². The SMILES string of the molecule is O=C(O)C1COCCN1C(=O)CN1CCCC1=O. The lowest BCUT2D eigenvalue weighted by molar-refractivity contribution is -0.159. The molecule has 0 aromatic rings. The number of rotatable bonds is 3. The number of carbonyl (C=O) groups is 3. The number of likely N-dealkylation sites (tertiary alicyclic amines) is 1. The lowest BCUT2D eigenvalue weighted by Crippen LogP contribution is -2.55. The minimum atomic E-state index is -1.07. The second kappa shape index (κ2) is 5.34. The van der Waals surface area contributed by atoms with Gasteiger partial charge in [0.1, 0.15) is 0 Å². The molecular formula is C11H16N2O5.